The molecule has 2 rings (SSSR count). The first-order valence-corrected chi connectivity index (χ1v) is 7.75. The molecule has 0 saturated carbocycles. The molecule has 0 spiro atoms. The Morgan fingerprint density at radius 2 is 2.21 bits per heavy atom. The molecule has 5 heteroatoms. The minimum atomic E-state index is -0.336. The van der Waals surface area contributed by atoms with Gasteiger partial charge in [-0.3, -0.25) is 10.1 Å². The van der Waals surface area contributed by atoms with Gasteiger partial charge in [-0.05, 0) is 37.3 Å². The molecule has 1 aliphatic rings. The summed E-state index contributed by atoms with van der Waals surface area (Å²) in [5, 5.41) is 11.5. The van der Waals surface area contributed by atoms with Gasteiger partial charge in [0.1, 0.15) is 0 Å². The summed E-state index contributed by atoms with van der Waals surface area (Å²) < 4.78 is 0. The standard InChI is InChI=1S/C14H19BrN2O2/c1-10-5-6-16(11(2)7-10)14-4-3-13(17(18)19)8-12(14)9-15/h3-4,8,10-11H,5-7,9H2,1-2H3. The SMILES string of the molecule is CC1CCN(c2ccc([N+](=O)[O-])cc2CBr)C(C)C1. The molecule has 2 unspecified atom stereocenters. The lowest BCUT2D eigenvalue weighted by atomic mass is 9.92. The fourth-order valence-electron chi connectivity index (χ4n) is 2.84. The van der Waals surface area contributed by atoms with Crippen molar-refractivity contribution >= 4 is 27.3 Å². The molecule has 0 radical (unpaired) electrons. The molecule has 1 aliphatic heterocycles. The van der Waals surface area contributed by atoms with Gasteiger partial charge in [0, 0.05) is 35.7 Å². The zero-order chi connectivity index (χ0) is 14.0. The zero-order valence-corrected chi connectivity index (χ0v) is 12.9. The zero-order valence-electron chi connectivity index (χ0n) is 11.3. The summed E-state index contributed by atoms with van der Waals surface area (Å²) in [6.45, 7) is 5.55. The molecule has 19 heavy (non-hydrogen) atoms. The molecule has 0 aromatic heterocycles. The Kier molecular flexibility index (Phi) is 4.45. The van der Waals surface area contributed by atoms with E-state index in [1.807, 2.05) is 6.07 Å². The van der Waals surface area contributed by atoms with Crippen LogP contribution in [0.1, 0.15) is 32.3 Å². The maximum atomic E-state index is 10.8. The highest BCUT2D eigenvalue weighted by atomic mass is 79.9. The smallest absolute Gasteiger partial charge is 0.269 e. The van der Waals surface area contributed by atoms with Crippen LogP contribution in [0.4, 0.5) is 11.4 Å². The predicted octanol–water partition coefficient (Wildman–Crippen LogP) is 4.11. The van der Waals surface area contributed by atoms with Crippen LogP contribution in [0.3, 0.4) is 0 Å². The van der Waals surface area contributed by atoms with Gasteiger partial charge in [0.25, 0.3) is 5.69 Å². The number of non-ortho nitro benzene ring substituents is 1. The molecule has 0 N–H and O–H groups in total. The maximum Gasteiger partial charge on any atom is 0.269 e. The second kappa shape index (κ2) is 5.90. The normalized spacial score (nSPS) is 23.4. The first-order valence-electron chi connectivity index (χ1n) is 6.63. The second-order valence-corrected chi connectivity index (χ2v) is 5.94. The fourth-order valence-corrected chi connectivity index (χ4v) is 3.29. The molecule has 4 nitrogen and oxygen atoms in total. The number of nitrogens with zero attached hydrogens (tertiary/aromatic N) is 2. The number of nitro benzene ring substituents is 1. The molecule has 0 bridgehead atoms. The molecule has 1 fully saturated rings. The summed E-state index contributed by atoms with van der Waals surface area (Å²) in [7, 11) is 0. The van der Waals surface area contributed by atoms with Crippen molar-refractivity contribution in [2.45, 2.75) is 38.1 Å². The van der Waals surface area contributed by atoms with Crippen molar-refractivity contribution in [1.82, 2.24) is 0 Å². The van der Waals surface area contributed by atoms with Gasteiger partial charge in [0.2, 0.25) is 0 Å². The van der Waals surface area contributed by atoms with Crippen LogP contribution in [0.5, 0.6) is 0 Å². The first-order chi connectivity index (χ1) is 9.02. The van der Waals surface area contributed by atoms with Crippen LogP contribution in [-0.2, 0) is 5.33 Å². The van der Waals surface area contributed by atoms with Crippen LogP contribution in [0.25, 0.3) is 0 Å². The summed E-state index contributed by atoms with van der Waals surface area (Å²) >= 11 is 3.44. The van der Waals surface area contributed by atoms with Crippen molar-refractivity contribution in [3.8, 4) is 0 Å². The number of alkyl halides is 1. The highest BCUT2D eigenvalue weighted by molar-refractivity contribution is 9.08. The third kappa shape index (κ3) is 3.08. The molecule has 2 atom stereocenters. The van der Waals surface area contributed by atoms with E-state index >= 15 is 0 Å². The Balaban J connectivity index is 2.31. The lowest BCUT2D eigenvalue weighted by Gasteiger charge is -2.39. The highest BCUT2D eigenvalue weighted by Crippen LogP contribution is 2.33. The Bertz CT molecular complexity index is 479. The van der Waals surface area contributed by atoms with Crippen LogP contribution in [0.15, 0.2) is 18.2 Å². The Labute approximate surface area is 122 Å². The Hall–Kier alpha value is -1.10. The van der Waals surface area contributed by atoms with Crippen molar-refractivity contribution in [3.05, 3.63) is 33.9 Å². The summed E-state index contributed by atoms with van der Waals surface area (Å²) in [5.74, 6) is 0.761. The van der Waals surface area contributed by atoms with Gasteiger partial charge in [-0.15, -0.1) is 0 Å². The maximum absolute atomic E-state index is 10.8. The molecule has 0 amide bonds. The average Bonchev–Trinajstić information content (AvgIpc) is 2.38. The summed E-state index contributed by atoms with van der Waals surface area (Å²) in [6.07, 6.45) is 2.36. The van der Waals surface area contributed by atoms with E-state index in [1.54, 1.807) is 12.1 Å². The van der Waals surface area contributed by atoms with Gasteiger partial charge in [-0.25, -0.2) is 0 Å². The van der Waals surface area contributed by atoms with E-state index in [9.17, 15) is 10.1 Å². The number of hydrogen-bond acceptors (Lipinski definition) is 3. The van der Waals surface area contributed by atoms with Gasteiger partial charge < -0.3 is 4.90 Å². The Morgan fingerprint density at radius 3 is 2.79 bits per heavy atom. The van der Waals surface area contributed by atoms with E-state index in [-0.39, 0.29) is 10.6 Å². The summed E-state index contributed by atoms with van der Waals surface area (Å²) in [6, 6.07) is 5.66. The molecular weight excluding hydrogens is 308 g/mol. The number of halogens is 1. The van der Waals surface area contributed by atoms with Gasteiger partial charge in [0.15, 0.2) is 0 Å². The number of nitro groups is 1. The quantitative estimate of drug-likeness (QED) is 0.477. The van der Waals surface area contributed by atoms with Crippen molar-refractivity contribution in [2.24, 2.45) is 5.92 Å². The number of hydrogen-bond donors (Lipinski definition) is 0. The van der Waals surface area contributed by atoms with Gasteiger partial charge >= 0.3 is 0 Å². The van der Waals surface area contributed by atoms with Gasteiger partial charge in [-0.2, -0.15) is 0 Å². The topological polar surface area (TPSA) is 46.4 Å². The number of benzene rings is 1. The molecule has 1 aromatic rings. The molecule has 0 aliphatic carbocycles. The largest absolute Gasteiger partial charge is 0.369 e. The van der Waals surface area contributed by atoms with Crippen LogP contribution >= 0.6 is 15.9 Å². The molecule has 1 heterocycles. The number of rotatable bonds is 3. The number of anilines is 1. The van der Waals surface area contributed by atoms with Crippen LogP contribution in [0.2, 0.25) is 0 Å². The van der Waals surface area contributed by atoms with E-state index in [4.69, 9.17) is 0 Å². The van der Waals surface area contributed by atoms with Crippen molar-refractivity contribution in [2.75, 3.05) is 11.4 Å². The fraction of sp³-hybridized carbons (Fsp3) is 0.571. The van der Waals surface area contributed by atoms with E-state index in [1.165, 1.54) is 12.8 Å². The lowest BCUT2D eigenvalue weighted by Crippen LogP contribution is -2.40. The van der Waals surface area contributed by atoms with Crippen molar-refractivity contribution in [3.63, 3.8) is 0 Å². The van der Waals surface area contributed by atoms with E-state index in [0.717, 1.165) is 23.7 Å². The molecule has 104 valence electrons. The summed E-state index contributed by atoms with van der Waals surface area (Å²) in [4.78, 5) is 12.9. The van der Waals surface area contributed by atoms with E-state index < -0.39 is 0 Å². The first kappa shape index (κ1) is 14.3. The van der Waals surface area contributed by atoms with Crippen LogP contribution in [-0.4, -0.2) is 17.5 Å². The van der Waals surface area contributed by atoms with Gasteiger partial charge in [0.05, 0.1) is 4.92 Å². The number of piperidine rings is 1. The van der Waals surface area contributed by atoms with Crippen molar-refractivity contribution < 1.29 is 4.92 Å². The Morgan fingerprint density at radius 1 is 1.47 bits per heavy atom. The third-order valence-corrected chi connectivity index (χ3v) is 4.47. The lowest BCUT2D eigenvalue weighted by molar-refractivity contribution is -0.384. The van der Waals surface area contributed by atoms with E-state index in [0.29, 0.717) is 11.4 Å². The predicted molar refractivity (Wildman–Crippen MR) is 80.9 cm³/mol. The minimum Gasteiger partial charge on any atom is -0.369 e. The van der Waals surface area contributed by atoms with E-state index in [2.05, 4.69) is 34.7 Å². The third-order valence-electron chi connectivity index (χ3n) is 3.87. The second-order valence-electron chi connectivity index (χ2n) is 5.38. The summed E-state index contributed by atoms with van der Waals surface area (Å²) in [5.41, 5.74) is 2.29. The minimum absolute atomic E-state index is 0.163. The highest BCUT2D eigenvalue weighted by Gasteiger charge is 2.25. The monoisotopic (exact) mass is 326 g/mol. The molecular formula is C14H19BrN2O2. The van der Waals surface area contributed by atoms with Crippen LogP contribution < -0.4 is 4.90 Å². The molecule has 1 saturated heterocycles. The average molecular weight is 327 g/mol. The van der Waals surface area contributed by atoms with Gasteiger partial charge in [-0.1, -0.05) is 22.9 Å². The van der Waals surface area contributed by atoms with Crippen molar-refractivity contribution in [1.29, 1.82) is 0 Å². The van der Waals surface area contributed by atoms with Crippen LogP contribution in [0, 0.1) is 16.0 Å². The molecule has 1 aromatic carbocycles.